The minimum atomic E-state index is -0.252. The second-order valence-corrected chi connectivity index (χ2v) is 5.39. The molecule has 1 aliphatic rings. The number of carbonyl (C=O) groups excluding carboxylic acids is 1. The number of imidazole rings is 1. The van der Waals surface area contributed by atoms with E-state index in [1.807, 2.05) is 0 Å². The molecule has 1 amide bonds. The van der Waals surface area contributed by atoms with Gasteiger partial charge in [0.2, 0.25) is 5.91 Å². The largest absolute Gasteiger partial charge is 0.325 e. The van der Waals surface area contributed by atoms with E-state index in [4.69, 9.17) is 0 Å². The molecule has 1 saturated heterocycles. The molecule has 5 N–H and O–H groups in total. The molecular formula is C14H19N5O2. The van der Waals surface area contributed by atoms with Gasteiger partial charge in [-0.2, -0.15) is 0 Å². The van der Waals surface area contributed by atoms with Crippen molar-refractivity contribution in [2.24, 2.45) is 0 Å². The molecule has 0 bridgehead atoms. The number of benzene rings is 1. The highest BCUT2D eigenvalue weighted by Gasteiger charge is 2.28. The van der Waals surface area contributed by atoms with Gasteiger partial charge in [-0.25, -0.2) is 10.2 Å². The molecule has 0 saturated carbocycles. The first-order valence-corrected chi connectivity index (χ1v) is 7.19. The highest BCUT2D eigenvalue weighted by atomic mass is 16.2. The van der Waals surface area contributed by atoms with Gasteiger partial charge in [-0.1, -0.05) is 13.3 Å². The summed E-state index contributed by atoms with van der Waals surface area (Å²) in [6.45, 7) is 2.13. The lowest BCUT2D eigenvalue weighted by Crippen LogP contribution is -2.40. The van der Waals surface area contributed by atoms with Crippen LogP contribution in [0.5, 0.6) is 0 Å². The predicted molar refractivity (Wildman–Crippen MR) is 80.9 cm³/mol. The number of nitrogens with one attached hydrogen (secondary N) is 5. The molecule has 21 heavy (non-hydrogen) atoms. The number of aromatic amines is 2. The molecule has 3 rings (SSSR count). The van der Waals surface area contributed by atoms with E-state index in [9.17, 15) is 9.59 Å². The number of rotatable bonds is 4. The average Bonchev–Trinajstić information content (AvgIpc) is 3.04. The number of amides is 1. The first kappa shape index (κ1) is 13.8. The first-order valence-electron chi connectivity index (χ1n) is 7.19. The highest BCUT2D eigenvalue weighted by molar-refractivity contribution is 5.96. The third kappa shape index (κ3) is 2.98. The van der Waals surface area contributed by atoms with E-state index in [1.165, 1.54) is 0 Å². The van der Waals surface area contributed by atoms with Crippen LogP contribution in [0.3, 0.4) is 0 Å². The molecule has 1 aromatic heterocycles. The first-order chi connectivity index (χ1) is 10.2. The zero-order valence-corrected chi connectivity index (χ0v) is 11.8. The molecule has 112 valence electrons. The van der Waals surface area contributed by atoms with Crippen LogP contribution in [0.1, 0.15) is 26.2 Å². The zero-order valence-electron chi connectivity index (χ0n) is 11.8. The van der Waals surface area contributed by atoms with Crippen molar-refractivity contribution in [3.8, 4) is 0 Å². The van der Waals surface area contributed by atoms with Crippen LogP contribution in [0.15, 0.2) is 23.0 Å². The SMILES string of the molecule is CCCC1CC(C(=O)Nc2ccc3[nH]c(=O)[nH]c3c2)NN1. The Labute approximate surface area is 121 Å². The number of hydrogen-bond donors (Lipinski definition) is 5. The van der Waals surface area contributed by atoms with Gasteiger partial charge in [-0.15, -0.1) is 0 Å². The van der Waals surface area contributed by atoms with Gasteiger partial charge in [0.15, 0.2) is 0 Å². The van der Waals surface area contributed by atoms with Crippen LogP contribution in [0.25, 0.3) is 11.0 Å². The minimum Gasteiger partial charge on any atom is -0.325 e. The Balaban J connectivity index is 1.67. The topological polar surface area (TPSA) is 102 Å². The molecule has 2 atom stereocenters. The number of hydrazine groups is 1. The van der Waals surface area contributed by atoms with Gasteiger partial charge in [-0.3, -0.25) is 10.2 Å². The Kier molecular flexibility index (Phi) is 3.76. The Morgan fingerprint density at radius 3 is 2.90 bits per heavy atom. The van der Waals surface area contributed by atoms with Crippen molar-refractivity contribution in [3.63, 3.8) is 0 Å². The van der Waals surface area contributed by atoms with Gasteiger partial charge >= 0.3 is 5.69 Å². The van der Waals surface area contributed by atoms with Crippen LogP contribution in [-0.4, -0.2) is 28.0 Å². The van der Waals surface area contributed by atoms with Gasteiger partial charge in [0.05, 0.1) is 11.0 Å². The molecule has 7 nitrogen and oxygen atoms in total. The molecule has 7 heteroatoms. The van der Waals surface area contributed by atoms with Crippen LogP contribution in [0, 0.1) is 0 Å². The van der Waals surface area contributed by atoms with E-state index in [1.54, 1.807) is 18.2 Å². The Hall–Kier alpha value is -2.12. The molecule has 0 aliphatic carbocycles. The van der Waals surface area contributed by atoms with Crippen molar-refractivity contribution in [2.75, 3.05) is 5.32 Å². The number of hydrogen-bond acceptors (Lipinski definition) is 4. The predicted octanol–water partition coefficient (Wildman–Crippen LogP) is 0.830. The maximum atomic E-state index is 12.2. The van der Waals surface area contributed by atoms with Gasteiger partial charge in [-0.05, 0) is 31.0 Å². The van der Waals surface area contributed by atoms with Crippen LogP contribution < -0.4 is 21.9 Å². The lowest BCUT2D eigenvalue weighted by Gasteiger charge is -2.10. The van der Waals surface area contributed by atoms with Crippen LogP contribution in [-0.2, 0) is 4.79 Å². The average molecular weight is 289 g/mol. The van der Waals surface area contributed by atoms with Crippen molar-refractivity contribution in [1.29, 1.82) is 0 Å². The number of fused-ring (bicyclic) bond motifs is 1. The molecule has 1 fully saturated rings. The second-order valence-electron chi connectivity index (χ2n) is 5.39. The van der Waals surface area contributed by atoms with Gasteiger partial charge in [0.25, 0.3) is 0 Å². The lowest BCUT2D eigenvalue weighted by atomic mass is 10.1. The van der Waals surface area contributed by atoms with Crippen molar-refractivity contribution in [3.05, 3.63) is 28.7 Å². The summed E-state index contributed by atoms with van der Waals surface area (Å²) in [5.41, 5.74) is 7.99. The standard InChI is InChI=1S/C14H19N5O2/c1-2-3-9-7-12(19-18-9)13(20)15-8-4-5-10-11(6-8)17-14(21)16-10/h4-6,9,12,18-19H,2-3,7H2,1H3,(H,15,20)(H2,16,17,21). The zero-order chi connectivity index (χ0) is 14.8. The summed E-state index contributed by atoms with van der Waals surface area (Å²) in [6.07, 6.45) is 2.92. The fraction of sp³-hybridized carbons (Fsp3) is 0.429. The molecular weight excluding hydrogens is 270 g/mol. The lowest BCUT2D eigenvalue weighted by molar-refractivity contribution is -0.117. The molecule has 0 spiro atoms. The molecule has 2 unspecified atom stereocenters. The Bertz CT molecular complexity index is 705. The fourth-order valence-corrected chi connectivity index (χ4v) is 2.67. The third-order valence-electron chi connectivity index (χ3n) is 3.72. The summed E-state index contributed by atoms with van der Waals surface area (Å²) < 4.78 is 0. The molecule has 2 heterocycles. The monoisotopic (exact) mass is 289 g/mol. The number of H-pyrrole nitrogens is 2. The summed E-state index contributed by atoms with van der Waals surface area (Å²) >= 11 is 0. The van der Waals surface area contributed by atoms with Crippen LogP contribution >= 0.6 is 0 Å². The number of carbonyl (C=O) groups is 1. The second kappa shape index (κ2) is 5.71. The van der Waals surface area contributed by atoms with E-state index in [0.29, 0.717) is 17.2 Å². The van der Waals surface area contributed by atoms with E-state index in [0.717, 1.165) is 24.8 Å². The summed E-state index contributed by atoms with van der Waals surface area (Å²) in [7, 11) is 0. The summed E-state index contributed by atoms with van der Waals surface area (Å²) in [5.74, 6) is -0.0710. The number of aromatic nitrogens is 2. The van der Waals surface area contributed by atoms with Gasteiger partial charge in [0.1, 0.15) is 6.04 Å². The Morgan fingerprint density at radius 2 is 2.10 bits per heavy atom. The third-order valence-corrected chi connectivity index (χ3v) is 3.72. The van der Waals surface area contributed by atoms with E-state index in [-0.39, 0.29) is 17.6 Å². The van der Waals surface area contributed by atoms with Crippen LogP contribution in [0.4, 0.5) is 5.69 Å². The normalized spacial score (nSPS) is 21.8. The van der Waals surface area contributed by atoms with Crippen molar-refractivity contribution < 1.29 is 4.79 Å². The van der Waals surface area contributed by atoms with Crippen molar-refractivity contribution >= 4 is 22.6 Å². The summed E-state index contributed by atoms with van der Waals surface area (Å²) in [6, 6.07) is 5.40. The summed E-state index contributed by atoms with van der Waals surface area (Å²) in [4.78, 5) is 28.8. The molecule has 1 aliphatic heterocycles. The van der Waals surface area contributed by atoms with E-state index < -0.39 is 0 Å². The van der Waals surface area contributed by atoms with E-state index in [2.05, 4.69) is 33.1 Å². The quantitative estimate of drug-likeness (QED) is 0.575. The maximum absolute atomic E-state index is 12.2. The molecule has 2 aromatic rings. The molecule has 1 aromatic carbocycles. The smallest absolute Gasteiger partial charge is 0.323 e. The highest BCUT2D eigenvalue weighted by Crippen LogP contribution is 2.16. The van der Waals surface area contributed by atoms with Gasteiger partial charge < -0.3 is 15.3 Å². The Morgan fingerprint density at radius 1 is 1.29 bits per heavy atom. The van der Waals surface area contributed by atoms with E-state index >= 15 is 0 Å². The fourth-order valence-electron chi connectivity index (χ4n) is 2.67. The van der Waals surface area contributed by atoms with Crippen molar-refractivity contribution in [1.82, 2.24) is 20.8 Å². The van der Waals surface area contributed by atoms with Crippen molar-refractivity contribution in [2.45, 2.75) is 38.3 Å². The maximum Gasteiger partial charge on any atom is 0.323 e. The number of anilines is 1. The van der Waals surface area contributed by atoms with Gasteiger partial charge in [0, 0.05) is 11.7 Å². The molecule has 0 radical (unpaired) electrons. The summed E-state index contributed by atoms with van der Waals surface area (Å²) in [5, 5.41) is 2.87. The minimum absolute atomic E-state index is 0.0710. The van der Waals surface area contributed by atoms with Crippen LogP contribution in [0.2, 0.25) is 0 Å².